The number of benzene rings is 1. The van der Waals surface area contributed by atoms with Crippen LogP contribution in [0.25, 0.3) is 11.0 Å². The van der Waals surface area contributed by atoms with Crippen molar-refractivity contribution in [3.05, 3.63) is 30.6 Å². The van der Waals surface area contributed by atoms with E-state index in [0.29, 0.717) is 0 Å². The highest BCUT2D eigenvalue weighted by Crippen LogP contribution is 2.12. The van der Waals surface area contributed by atoms with Gasteiger partial charge >= 0.3 is 5.37 Å². The zero-order chi connectivity index (χ0) is 8.55. The van der Waals surface area contributed by atoms with Gasteiger partial charge in [0.2, 0.25) is 0 Å². The summed E-state index contributed by atoms with van der Waals surface area (Å²) in [7, 11) is 0. The van der Waals surface area contributed by atoms with E-state index in [1.165, 1.54) is 10.9 Å². The quantitative estimate of drug-likeness (QED) is 0.583. The largest absolute Gasteiger partial charge is 0.326 e. The Morgan fingerprint density at radius 3 is 2.92 bits per heavy atom. The third kappa shape index (κ3) is 0.987. The number of carbonyl (C=O) groups is 1. The Balaban J connectivity index is 2.79. The number of carbonyl (C=O) groups excluding carboxylic acids is 1. The van der Waals surface area contributed by atoms with Gasteiger partial charge in [0, 0.05) is 0 Å². The van der Waals surface area contributed by atoms with Crippen molar-refractivity contribution in [3.8, 4) is 0 Å². The molecule has 60 valence electrons. The molecule has 12 heavy (non-hydrogen) atoms. The minimum absolute atomic E-state index is 0.538. The molecule has 3 nitrogen and oxygen atoms in total. The van der Waals surface area contributed by atoms with Crippen molar-refractivity contribution < 1.29 is 4.79 Å². The summed E-state index contributed by atoms with van der Waals surface area (Å²) in [6.07, 6.45) is 1.42. The zero-order valence-electron chi connectivity index (χ0n) is 6.07. The Bertz CT molecular complexity index is 435. The van der Waals surface area contributed by atoms with Gasteiger partial charge < -0.3 is 0 Å². The summed E-state index contributed by atoms with van der Waals surface area (Å²) in [5.41, 5.74) is 1.50. The Hall–Kier alpha value is -1.35. The maximum atomic E-state index is 10.8. The summed E-state index contributed by atoms with van der Waals surface area (Å²) < 4.78 is 1.30. The number of fused-ring (bicyclic) bond motifs is 1. The predicted molar refractivity (Wildman–Crippen MR) is 46.4 cm³/mol. The number of halogens is 1. The summed E-state index contributed by atoms with van der Waals surface area (Å²) in [5.74, 6) is 0. The van der Waals surface area contributed by atoms with E-state index in [1.54, 1.807) is 6.07 Å². The van der Waals surface area contributed by atoms with E-state index in [1.807, 2.05) is 18.2 Å². The highest BCUT2D eigenvalue weighted by Gasteiger charge is 2.04. The molecule has 0 N–H and O–H groups in total. The number of hydrogen-bond donors (Lipinski definition) is 0. The molecule has 1 aromatic heterocycles. The summed E-state index contributed by atoms with van der Waals surface area (Å²) in [5, 5.41) is -0.538. The highest BCUT2D eigenvalue weighted by atomic mass is 35.5. The number of para-hydroxylation sites is 2. The number of imidazole rings is 1. The highest BCUT2D eigenvalue weighted by molar-refractivity contribution is 6.63. The fourth-order valence-corrected chi connectivity index (χ4v) is 1.23. The van der Waals surface area contributed by atoms with Crippen LogP contribution in [0, 0.1) is 0 Å². The van der Waals surface area contributed by atoms with Gasteiger partial charge in [-0.1, -0.05) is 12.1 Å². The molecule has 4 heteroatoms. The molecule has 2 aromatic rings. The molecule has 0 bridgehead atoms. The SMILES string of the molecule is O=C(Cl)n1cnc2ccccc21. The van der Waals surface area contributed by atoms with E-state index in [-0.39, 0.29) is 0 Å². The molecule has 0 fully saturated rings. The van der Waals surface area contributed by atoms with Crippen molar-refractivity contribution >= 4 is 28.0 Å². The lowest BCUT2D eigenvalue weighted by Gasteiger charge is -1.93. The van der Waals surface area contributed by atoms with Crippen LogP contribution in [0.1, 0.15) is 0 Å². The molecule has 0 aliphatic rings. The zero-order valence-corrected chi connectivity index (χ0v) is 6.82. The summed E-state index contributed by atoms with van der Waals surface area (Å²) in [6, 6.07) is 7.31. The first-order valence-corrected chi connectivity index (χ1v) is 3.79. The first kappa shape index (κ1) is 7.31. The second kappa shape index (κ2) is 2.60. The van der Waals surface area contributed by atoms with E-state index in [2.05, 4.69) is 4.98 Å². The van der Waals surface area contributed by atoms with Gasteiger partial charge in [0.15, 0.2) is 0 Å². The van der Waals surface area contributed by atoms with E-state index in [4.69, 9.17) is 11.6 Å². The number of aromatic nitrogens is 2. The molecular weight excluding hydrogens is 176 g/mol. The van der Waals surface area contributed by atoms with E-state index in [0.717, 1.165) is 11.0 Å². The number of hydrogen-bond acceptors (Lipinski definition) is 2. The van der Waals surface area contributed by atoms with Gasteiger partial charge in [-0.05, 0) is 23.7 Å². The molecule has 0 saturated carbocycles. The maximum absolute atomic E-state index is 10.8. The first-order valence-electron chi connectivity index (χ1n) is 3.41. The third-order valence-electron chi connectivity index (χ3n) is 1.64. The van der Waals surface area contributed by atoms with Gasteiger partial charge in [0.1, 0.15) is 6.33 Å². The molecule has 0 saturated heterocycles. The molecule has 0 radical (unpaired) electrons. The van der Waals surface area contributed by atoms with Crippen molar-refractivity contribution in [2.45, 2.75) is 0 Å². The van der Waals surface area contributed by atoms with E-state index >= 15 is 0 Å². The second-order valence-corrected chi connectivity index (χ2v) is 2.68. The third-order valence-corrected chi connectivity index (χ3v) is 1.83. The number of rotatable bonds is 0. The van der Waals surface area contributed by atoms with Crippen molar-refractivity contribution in [2.24, 2.45) is 0 Å². The summed E-state index contributed by atoms with van der Waals surface area (Å²) >= 11 is 5.31. The van der Waals surface area contributed by atoms with Crippen LogP contribution in [-0.2, 0) is 0 Å². The molecule has 0 spiro atoms. The average Bonchev–Trinajstić information content (AvgIpc) is 2.47. The lowest BCUT2D eigenvalue weighted by Crippen LogP contribution is -1.98. The van der Waals surface area contributed by atoms with Crippen LogP contribution in [0.15, 0.2) is 30.6 Å². The monoisotopic (exact) mass is 180 g/mol. The minimum atomic E-state index is -0.538. The van der Waals surface area contributed by atoms with Crippen LogP contribution in [0.4, 0.5) is 4.79 Å². The Kier molecular flexibility index (Phi) is 1.59. The fourth-order valence-electron chi connectivity index (χ4n) is 1.10. The topological polar surface area (TPSA) is 34.9 Å². The summed E-state index contributed by atoms with van der Waals surface area (Å²) in [6.45, 7) is 0. The van der Waals surface area contributed by atoms with Crippen LogP contribution in [-0.4, -0.2) is 14.9 Å². The van der Waals surface area contributed by atoms with Gasteiger partial charge in [-0.2, -0.15) is 0 Å². The summed E-state index contributed by atoms with van der Waals surface area (Å²) in [4.78, 5) is 14.8. The van der Waals surface area contributed by atoms with Gasteiger partial charge in [0.05, 0.1) is 11.0 Å². The van der Waals surface area contributed by atoms with Crippen molar-refractivity contribution in [1.29, 1.82) is 0 Å². The minimum Gasteiger partial charge on any atom is -0.255 e. The van der Waals surface area contributed by atoms with Crippen LogP contribution in [0.2, 0.25) is 0 Å². The number of nitrogens with zero attached hydrogens (tertiary/aromatic N) is 2. The van der Waals surface area contributed by atoms with Crippen molar-refractivity contribution in [2.75, 3.05) is 0 Å². The van der Waals surface area contributed by atoms with E-state index in [9.17, 15) is 4.79 Å². The molecule has 2 rings (SSSR count). The lowest BCUT2D eigenvalue weighted by molar-refractivity contribution is 0.261. The van der Waals surface area contributed by atoms with Crippen LogP contribution < -0.4 is 0 Å². The smallest absolute Gasteiger partial charge is 0.255 e. The van der Waals surface area contributed by atoms with Gasteiger partial charge in [0.25, 0.3) is 0 Å². The predicted octanol–water partition coefficient (Wildman–Crippen LogP) is 2.24. The maximum Gasteiger partial charge on any atom is 0.326 e. The fraction of sp³-hybridized carbons (Fsp3) is 0. The Labute approximate surface area is 73.6 Å². The molecular formula is C8H5ClN2O. The molecule has 0 unspecified atom stereocenters. The van der Waals surface area contributed by atoms with Crippen LogP contribution in [0.5, 0.6) is 0 Å². The standard InChI is InChI=1S/C8H5ClN2O/c9-8(12)11-5-10-6-3-1-2-4-7(6)11/h1-5H. The van der Waals surface area contributed by atoms with E-state index < -0.39 is 5.37 Å². The Morgan fingerprint density at radius 1 is 1.42 bits per heavy atom. The van der Waals surface area contributed by atoms with Crippen LogP contribution >= 0.6 is 11.6 Å². The van der Waals surface area contributed by atoms with Gasteiger partial charge in [-0.3, -0.25) is 9.36 Å². The normalized spacial score (nSPS) is 10.4. The molecule has 1 aromatic carbocycles. The van der Waals surface area contributed by atoms with Crippen LogP contribution in [0.3, 0.4) is 0 Å². The molecule has 0 atom stereocenters. The van der Waals surface area contributed by atoms with Crippen molar-refractivity contribution in [3.63, 3.8) is 0 Å². The lowest BCUT2D eigenvalue weighted by atomic mass is 10.3. The second-order valence-electron chi connectivity index (χ2n) is 2.36. The van der Waals surface area contributed by atoms with Crippen molar-refractivity contribution in [1.82, 2.24) is 9.55 Å². The molecule has 0 aliphatic carbocycles. The molecule has 1 heterocycles. The first-order chi connectivity index (χ1) is 5.79. The Morgan fingerprint density at radius 2 is 2.17 bits per heavy atom. The van der Waals surface area contributed by atoms with Gasteiger partial charge in [-0.25, -0.2) is 4.98 Å². The molecule has 0 amide bonds. The van der Waals surface area contributed by atoms with Gasteiger partial charge in [-0.15, -0.1) is 0 Å². The average molecular weight is 181 g/mol. The molecule has 0 aliphatic heterocycles.